The van der Waals surface area contributed by atoms with Gasteiger partial charge in [0.25, 0.3) is 0 Å². The number of carbonyl (C=O) groups is 1. The van der Waals surface area contributed by atoms with E-state index >= 15 is 0 Å². The molecule has 18 heavy (non-hydrogen) atoms. The number of hydrogen-bond acceptors (Lipinski definition) is 3. The lowest BCUT2D eigenvalue weighted by Gasteiger charge is -2.34. The Hall–Kier alpha value is -0.610. The molecule has 104 valence electrons. The first kappa shape index (κ1) is 13.8. The third-order valence-electron chi connectivity index (χ3n) is 4.43. The van der Waals surface area contributed by atoms with E-state index in [2.05, 4.69) is 4.90 Å². The standard InChI is InChI=1S/C14H26N2O2/c1-15(12-5-3-2-4-6-12)14(18)11-16-9-7-13(17)8-10-16/h12-13,17H,2-11H2,1H3. The largest absolute Gasteiger partial charge is 0.393 e. The molecule has 0 unspecified atom stereocenters. The number of likely N-dealkylation sites (tertiary alicyclic amines) is 1. The molecule has 1 heterocycles. The summed E-state index contributed by atoms with van der Waals surface area (Å²) in [6.07, 6.45) is 7.63. The smallest absolute Gasteiger partial charge is 0.236 e. The Kier molecular flexibility index (Phi) is 5.01. The number of hydrogen-bond donors (Lipinski definition) is 1. The fourth-order valence-corrected chi connectivity index (χ4v) is 3.05. The van der Waals surface area contributed by atoms with Crippen molar-refractivity contribution in [3.63, 3.8) is 0 Å². The molecule has 1 saturated heterocycles. The normalized spacial score (nSPS) is 24.1. The van der Waals surface area contributed by atoms with Gasteiger partial charge in [0.05, 0.1) is 12.6 Å². The van der Waals surface area contributed by atoms with Gasteiger partial charge in [-0.2, -0.15) is 0 Å². The Balaban J connectivity index is 1.76. The summed E-state index contributed by atoms with van der Waals surface area (Å²) in [5.41, 5.74) is 0. The second-order valence-corrected chi connectivity index (χ2v) is 5.80. The maximum atomic E-state index is 12.2. The molecule has 1 aliphatic heterocycles. The van der Waals surface area contributed by atoms with Crippen molar-refractivity contribution in [3.8, 4) is 0 Å². The van der Waals surface area contributed by atoms with Gasteiger partial charge in [0.1, 0.15) is 0 Å². The highest BCUT2D eigenvalue weighted by molar-refractivity contribution is 5.78. The predicted molar refractivity (Wildman–Crippen MR) is 71.3 cm³/mol. The molecule has 0 aromatic carbocycles. The van der Waals surface area contributed by atoms with Gasteiger partial charge in [0.15, 0.2) is 0 Å². The lowest BCUT2D eigenvalue weighted by Crippen LogP contribution is -2.46. The summed E-state index contributed by atoms with van der Waals surface area (Å²) in [5.74, 6) is 0.248. The van der Waals surface area contributed by atoms with Crippen LogP contribution in [0.2, 0.25) is 0 Å². The number of likely N-dealkylation sites (N-methyl/N-ethyl adjacent to an activating group) is 1. The molecule has 0 spiro atoms. The number of piperidine rings is 1. The minimum Gasteiger partial charge on any atom is -0.393 e. The van der Waals surface area contributed by atoms with Crippen LogP contribution in [-0.2, 0) is 4.79 Å². The zero-order chi connectivity index (χ0) is 13.0. The number of nitrogens with zero attached hydrogens (tertiary/aromatic N) is 2. The number of amides is 1. The van der Waals surface area contributed by atoms with E-state index in [0.29, 0.717) is 12.6 Å². The fraction of sp³-hybridized carbons (Fsp3) is 0.929. The Morgan fingerprint density at radius 3 is 2.39 bits per heavy atom. The van der Waals surface area contributed by atoms with E-state index in [4.69, 9.17) is 0 Å². The molecule has 0 aromatic rings. The van der Waals surface area contributed by atoms with Crippen molar-refractivity contribution in [1.29, 1.82) is 0 Å². The zero-order valence-corrected chi connectivity index (χ0v) is 11.5. The van der Waals surface area contributed by atoms with E-state index < -0.39 is 0 Å². The molecule has 0 bridgehead atoms. The summed E-state index contributed by atoms with van der Waals surface area (Å²) < 4.78 is 0. The predicted octanol–water partition coefficient (Wildman–Crippen LogP) is 1.23. The monoisotopic (exact) mass is 254 g/mol. The lowest BCUT2D eigenvalue weighted by molar-refractivity contribution is -0.134. The van der Waals surface area contributed by atoms with Crippen LogP contribution in [0.3, 0.4) is 0 Å². The SMILES string of the molecule is CN(C(=O)CN1CCC(O)CC1)C1CCCCC1. The highest BCUT2D eigenvalue weighted by Gasteiger charge is 2.25. The van der Waals surface area contributed by atoms with Crippen molar-refractivity contribution in [2.75, 3.05) is 26.7 Å². The summed E-state index contributed by atoms with van der Waals surface area (Å²) >= 11 is 0. The Labute approximate surface area is 110 Å². The average molecular weight is 254 g/mol. The first-order valence-electron chi connectivity index (χ1n) is 7.33. The van der Waals surface area contributed by atoms with Gasteiger partial charge in [-0.05, 0) is 25.7 Å². The molecular weight excluding hydrogens is 228 g/mol. The first-order valence-corrected chi connectivity index (χ1v) is 7.33. The third kappa shape index (κ3) is 3.69. The molecule has 0 aromatic heterocycles. The van der Waals surface area contributed by atoms with Crippen molar-refractivity contribution in [2.45, 2.75) is 57.1 Å². The number of aliphatic hydroxyl groups is 1. The van der Waals surface area contributed by atoms with Crippen molar-refractivity contribution < 1.29 is 9.90 Å². The second kappa shape index (κ2) is 6.53. The quantitative estimate of drug-likeness (QED) is 0.824. The van der Waals surface area contributed by atoms with E-state index in [1.807, 2.05) is 11.9 Å². The number of carbonyl (C=O) groups excluding carboxylic acids is 1. The molecule has 1 saturated carbocycles. The molecule has 1 amide bonds. The molecule has 4 nitrogen and oxygen atoms in total. The molecule has 0 radical (unpaired) electrons. The van der Waals surface area contributed by atoms with Crippen molar-refractivity contribution in [1.82, 2.24) is 9.80 Å². The van der Waals surface area contributed by atoms with Crippen LogP contribution in [0.1, 0.15) is 44.9 Å². The minimum absolute atomic E-state index is 0.160. The van der Waals surface area contributed by atoms with Gasteiger partial charge in [-0.1, -0.05) is 19.3 Å². The fourth-order valence-electron chi connectivity index (χ4n) is 3.05. The maximum Gasteiger partial charge on any atom is 0.236 e. The molecule has 1 aliphatic carbocycles. The molecule has 4 heteroatoms. The average Bonchev–Trinajstić information content (AvgIpc) is 2.41. The molecule has 2 aliphatic rings. The van der Waals surface area contributed by atoms with E-state index in [1.165, 1.54) is 32.1 Å². The van der Waals surface area contributed by atoms with Crippen molar-refractivity contribution in [2.24, 2.45) is 0 Å². The van der Waals surface area contributed by atoms with Crippen LogP contribution < -0.4 is 0 Å². The molecule has 1 N–H and O–H groups in total. The summed E-state index contributed by atoms with van der Waals surface area (Å²) in [7, 11) is 1.96. The summed E-state index contributed by atoms with van der Waals surface area (Å²) in [5, 5.41) is 9.45. The van der Waals surface area contributed by atoms with Crippen LogP contribution >= 0.6 is 0 Å². The van der Waals surface area contributed by atoms with Gasteiger partial charge in [0, 0.05) is 26.2 Å². The Bertz CT molecular complexity index is 269. The van der Waals surface area contributed by atoms with Crippen LogP contribution in [0.5, 0.6) is 0 Å². The molecule has 2 rings (SSSR count). The van der Waals surface area contributed by atoms with E-state index in [-0.39, 0.29) is 12.0 Å². The third-order valence-corrected chi connectivity index (χ3v) is 4.43. The van der Waals surface area contributed by atoms with Crippen LogP contribution in [0.4, 0.5) is 0 Å². The van der Waals surface area contributed by atoms with E-state index in [0.717, 1.165) is 25.9 Å². The Morgan fingerprint density at radius 2 is 1.78 bits per heavy atom. The van der Waals surface area contributed by atoms with Gasteiger partial charge >= 0.3 is 0 Å². The molecule has 0 atom stereocenters. The Morgan fingerprint density at radius 1 is 1.17 bits per heavy atom. The van der Waals surface area contributed by atoms with Crippen LogP contribution in [0.25, 0.3) is 0 Å². The highest BCUT2D eigenvalue weighted by atomic mass is 16.3. The van der Waals surface area contributed by atoms with Gasteiger partial charge in [-0.15, -0.1) is 0 Å². The molecular formula is C14H26N2O2. The van der Waals surface area contributed by atoms with Crippen LogP contribution in [0.15, 0.2) is 0 Å². The minimum atomic E-state index is -0.160. The van der Waals surface area contributed by atoms with Crippen molar-refractivity contribution >= 4 is 5.91 Å². The first-order chi connectivity index (χ1) is 8.66. The van der Waals surface area contributed by atoms with Gasteiger partial charge in [-0.25, -0.2) is 0 Å². The van der Waals surface area contributed by atoms with Gasteiger partial charge in [0.2, 0.25) is 5.91 Å². The number of aliphatic hydroxyl groups excluding tert-OH is 1. The number of rotatable bonds is 3. The molecule has 2 fully saturated rings. The van der Waals surface area contributed by atoms with Gasteiger partial charge in [-0.3, -0.25) is 9.69 Å². The van der Waals surface area contributed by atoms with E-state index in [9.17, 15) is 9.90 Å². The lowest BCUT2D eigenvalue weighted by atomic mass is 9.94. The van der Waals surface area contributed by atoms with Crippen LogP contribution in [-0.4, -0.2) is 59.6 Å². The van der Waals surface area contributed by atoms with Crippen molar-refractivity contribution in [3.05, 3.63) is 0 Å². The second-order valence-electron chi connectivity index (χ2n) is 5.80. The topological polar surface area (TPSA) is 43.8 Å². The summed E-state index contributed by atoms with van der Waals surface area (Å²) in [6, 6.07) is 0.460. The van der Waals surface area contributed by atoms with Gasteiger partial charge < -0.3 is 10.0 Å². The zero-order valence-electron chi connectivity index (χ0n) is 11.5. The maximum absolute atomic E-state index is 12.2. The highest BCUT2D eigenvalue weighted by Crippen LogP contribution is 2.22. The van der Waals surface area contributed by atoms with Crippen LogP contribution in [0, 0.1) is 0 Å². The van der Waals surface area contributed by atoms with E-state index in [1.54, 1.807) is 0 Å². The summed E-state index contributed by atoms with van der Waals surface area (Å²) in [4.78, 5) is 16.4. The summed E-state index contributed by atoms with van der Waals surface area (Å²) in [6.45, 7) is 2.23.